The van der Waals surface area contributed by atoms with Crippen molar-refractivity contribution in [2.75, 3.05) is 14.1 Å². The van der Waals surface area contributed by atoms with Crippen LogP contribution in [-0.4, -0.2) is 34.9 Å². The van der Waals surface area contributed by atoms with Crippen molar-refractivity contribution < 1.29 is 13.6 Å². The van der Waals surface area contributed by atoms with Crippen LogP contribution in [-0.2, 0) is 0 Å². The van der Waals surface area contributed by atoms with E-state index in [0.29, 0.717) is 11.3 Å². The molecule has 2 heterocycles. The SMILES string of the molecule is Cc1nc(C(=O)N(C)C)c(C)c(-c2cocn2)c1F. The third kappa shape index (κ3) is 2.21. The molecule has 2 rings (SSSR count). The van der Waals surface area contributed by atoms with Crippen molar-refractivity contribution in [1.82, 2.24) is 14.9 Å². The van der Waals surface area contributed by atoms with E-state index in [-0.39, 0.29) is 22.9 Å². The molecule has 0 N–H and O–H groups in total. The summed E-state index contributed by atoms with van der Waals surface area (Å²) in [6.45, 7) is 3.17. The lowest BCUT2D eigenvalue weighted by molar-refractivity contribution is 0.0821. The molecule has 0 bridgehead atoms. The highest BCUT2D eigenvalue weighted by Gasteiger charge is 2.22. The Bertz CT molecular complexity index is 621. The zero-order chi connectivity index (χ0) is 14.2. The van der Waals surface area contributed by atoms with Gasteiger partial charge in [0.25, 0.3) is 5.91 Å². The summed E-state index contributed by atoms with van der Waals surface area (Å²) in [6, 6.07) is 0. The van der Waals surface area contributed by atoms with E-state index in [2.05, 4.69) is 9.97 Å². The van der Waals surface area contributed by atoms with Crippen LogP contribution in [0.5, 0.6) is 0 Å². The summed E-state index contributed by atoms with van der Waals surface area (Å²) in [6.07, 6.45) is 2.56. The summed E-state index contributed by atoms with van der Waals surface area (Å²) in [5.74, 6) is -0.757. The Labute approximate surface area is 110 Å². The largest absolute Gasteiger partial charge is 0.451 e. The third-order valence-corrected chi connectivity index (χ3v) is 2.84. The monoisotopic (exact) mass is 263 g/mol. The molecule has 2 aromatic heterocycles. The molecule has 0 unspecified atom stereocenters. The second-order valence-corrected chi connectivity index (χ2v) is 4.43. The second kappa shape index (κ2) is 4.79. The van der Waals surface area contributed by atoms with Gasteiger partial charge in [-0.05, 0) is 19.4 Å². The van der Waals surface area contributed by atoms with E-state index in [1.807, 2.05) is 0 Å². The smallest absolute Gasteiger partial charge is 0.272 e. The lowest BCUT2D eigenvalue weighted by Crippen LogP contribution is -2.24. The van der Waals surface area contributed by atoms with Gasteiger partial charge in [-0.1, -0.05) is 0 Å². The minimum absolute atomic E-state index is 0.161. The van der Waals surface area contributed by atoms with E-state index in [1.54, 1.807) is 21.0 Å². The number of hydrogen-bond donors (Lipinski definition) is 0. The Balaban J connectivity index is 2.71. The van der Waals surface area contributed by atoms with E-state index in [0.717, 1.165) is 0 Å². The van der Waals surface area contributed by atoms with Crippen molar-refractivity contribution in [3.8, 4) is 11.3 Å². The van der Waals surface area contributed by atoms with E-state index in [9.17, 15) is 9.18 Å². The maximum Gasteiger partial charge on any atom is 0.272 e. The van der Waals surface area contributed by atoms with Crippen LogP contribution in [0, 0.1) is 19.7 Å². The molecule has 5 nitrogen and oxygen atoms in total. The van der Waals surface area contributed by atoms with Gasteiger partial charge < -0.3 is 9.32 Å². The van der Waals surface area contributed by atoms with E-state index in [4.69, 9.17) is 4.42 Å². The fraction of sp³-hybridized carbons (Fsp3) is 0.308. The van der Waals surface area contributed by atoms with Gasteiger partial charge in [-0.15, -0.1) is 0 Å². The van der Waals surface area contributed by atoms with Crippen LogP contribution in [0.4, 0.5) is 4.39 Å². The number of hydrogen-bond acceptors (Lipinski definition) is 4. The van der Waals surface area contributed by atoms with Gasteiger partial charge in [-0.25, -0.2) is 14.4 Å². The molecule has 6 heteroatoms. The maximum atomic E-state index is 14.2. The number of carbonyl (C=O) groups is 1. The molecule has 1 amide bonds. The van der Waals surface area contributed by atoms with Crippen molar-refractivity contribution in [2.45, 2.75) is 13.8 Å². The van der Waals surface area contributed by atoms with E-state index >= 15 is 0 Å². The van der Waals surface area contributed by atoms with Crippen LogP contribution >= 0.6 is 0 Å². The normalized spacial score (nSPS) is 10.6. The van der Waals surface area contributed by atoms with Crippen molar-refractivity contribution in [3.05, 3.63) is 35.4 Å². The van der Waals surface area contributed by atoms with Crippen LogP contribution in [0.1, 0.15) is 21.7 Å². The molecule has 0 saturated carbocycles. The van der Waals surface area contributed by atoms with Crippen LogP contribution in [0.2, 0.25) is 0 Å². The van der Waals surface area contributed by atoms with E-state index < -0.39 is 5.82 Å². The van der Waals surface area contributed by atoms with Gasteiger partial charge in [-0.2, -0.15) is 0 Å². The topological polar surface area (TPSA) is 59.2 Å². The Kier molecular flexibility index (Phi) is 3.33. The molecule has 0 aromatic carbocycles. The fourth-order valence-electron chi connectivity index (χ4n) is 1.83. The molecule has 100 valence electrons. The zero-order valence-electron chi connectivity index (χ0n) is 11.2. The number of rotatable bonds is 2. The minimum Gasteiger partial charge on any atom is -0.451 e. The first-order valence-electron chi connectivity index (χ1n) is 5.70. The number of nitrogens with zero attached hydrogens (tertiary/aromatic N) is 3. The summed E-state index contributed by atoms with van der Waals surface area (Å²) in [7, 11) is 3.25. The van der Waals surface area contributed by atoms with Crippen LogP contribution < -0.4 is 0 Å². The molecule has 0 radical (unpaired) electrons. The molecule has 0 aliphatic rings. The highest BCUT2D eigenvalue weighted by atomic mass is 19.1. The van der Waals surface area contributed by atoms with Crippen molar-refractivity contribution >= 4 is 5.91 Å². The number of aromatic nitrogens is 2. The van der Waals surface area contributed by atoms with Gasteiger partial charge in [0.05, 0.1) is 5.69 Å². The highest BCUT2D eigenvalue weighted by molar-refractivity contribution is 5.95. The second-order valence-electron chi connectivity index (χ2n) is 4.43. The molecule has 0 aliphatic heterocycles. The minimum atomic E-state index is -0.485. The first-order valence-corrected chi connectivity index (χ1v) is 5.70. The summed E-state index contributed by atoms with van der Waals surface area (Å²) >= 11 is 0. The van der Waals surface area contributed by atoms with Gasteiger partial charge in [0, 0.05) is 19.7 Å². The predicted molar refractivity (Wildman–Crippen MR) is 67.2 cm³/mol. The zero-order valence-corrected chi connectivity index (χ0v) is 11.2. The third-order valence-electron chi connectivity index (χ3n) is 2.84. The molecule has 0 aliphatic carbocycles. The average molecular weight is 263 g/mol. The Morgan fingerprint density at radius 2 is 2.05 bits per heavy atom. The highest BCUT2D eigenvalue weighted by Crippen LogP contribution is 2.28. The van der Waals surface area contributed by atoms with Crippen LogP contribution in [0.25, 0.3) is 11.3 Å². The molecular formula is C13H14FN3O2. The summed E-state index contributed by atoms with van der Waals surface area (Å²) in [4.78, 5) is 21.4. The molecule has 0 saturated heterocycles. The Morgan fingerprint density at radius 3 is 2.58 bits per heavy atom. The van der Waals surface area contributed by atoms with Crippen molar-refractivity contribution in [2.24, 2.45) is 0 Å². The van der Waals surface area contributed by atoms with Gasteiger partial charge in [0.2, 0.25) is 0 Å². The summed E-state index contributed by atoms with van der Waals surface area (Å²) in [5, 5.41) is 0. The first kappa shape index (κ1) is 13.2. The van der Waals surface area contributed by atoms with Crippen molar-refractivity contribution in [3.63, 3.8) is 0 Å². The predicted octanol–water partition coefficient (Wildman–Crippen LogP) is 2.19. The quantitative estimate of drug-likeness (QED) is 0.833. The Hall–Kier alpha value is -2.24. The van der Waals surface area contributed by atoms with Crippen molar-refractivity contribution in [1.29, 1.82) is 0 Å². The first-order chi connectivity index (χ1) is 8.93. The average Bonchev–Trinajstić information content (AvgIpc) is 2.87. The summed E-state index contributed by atoms with van der Waals surface area (Å²) in [5.41, 5.74) is 1.45. The number of oxazole rings is 1. The molecule has 0 atom stereocenters. The van der Waals surface area contributed by atoms with Gasteiger partial charge in [0.15, 0.2) is 12.2 Å². The lowest BCUT2D eigenvalue weighted by Gasteiger charge is -2.15. The van der Waals surface area contributed by atoms with Gasteiger partial charge >= 0.3 is 0 Å². The van der Waals surface area contributed by atoms with Crippen LogP contribution in [0.3, 0.4) is 0 Å². The van der Waals surface area contributed by atoms with Gasteiger partial charge in [-0.3, -0.25) is 4.79 Å². The maximum absolute atomic E-state index is 14.2. The molecule has 0 fully saturated rings. The number of aryl methyl sites for hydroxylation is 1. The summed E-state index contributed by atoms with van der Waals surface area (Å²) < 4.78 is 19.1. The van der Waals surface area contributed by atoms with Gasteiger partial charge in [0.1, 0.15) is 17.7 Å². The lowest BCUT2D eigenvalue weighted by atomic mass is 10.0. The number of amides is 1. The number of carbonyl (C=O) groups excluding carboxylic acids is 1. The number of pyridine rings is 1. The number of halogens is 1. The molecule has 19 heavy (non-hydrogen) atoms. The molecule has 2 aromatic rings. The molecule has 0 spiro atoms. The molecular weight excluding hydrogens is 249 g/mol. The fourth-order valence-corrected chi connectivity index (χ4v) is 1.83. The Morgan fingerprint density at radius 1 is 1.37 bits per heavy atom. The van der Waals surface area contributed by atoms with Crippen LogP contribution in [0.15, 0.2) is 17.1 Å². The van der Waals surface area contributed by atoms with E-state index in [1.165, 1.54) is 24.5 Å². The standard InChI is InChI=1S/C13H14FN3O2/c1-7-10(9-5-19-6-15-9)11(14)8(2)16-12(7)13(18)17(3)4/h5-6H,1-4H3.